The van der Waals surface area contributed by atoms with Crippen molar-refractivity contribution >= 4 is 11.8 Å². The highest BCUT2D eigenvalue weighted by Gasteiger charge is 2.37. The number of amides is 2. The average Bonchev–Trinajstić information content (AvgIpc) is 2.33. The lowest BCUT2D eigenvalue weighted by atomic mass is 9.68. The van der Waals surface area contributed by atoms with E-state index >= 15 is 0 Å². The molecule has 0 heterocycles. The fraction of sp³-hybridized carbons (Fsp3) is 0.867. The molecule has 3 N–H and O–H groups in total. The maximum Gasteiger partial charge on any atom is 0.239 e. The van der Waals surface area contributed by atoms with Crippen LogP contribution in [0.5, 0.6) is 0 Å². The molecule has 5 nitrogen and oxygen atoms in total. The second-order valence-electron chi connectivity index (χ2n) is 7.05. The van der Waals surface area contributed by atoms with E-state index in [1.165, 1.54) is 6.92 Å². The van der Waals surface area contributed by atoms with Crippen LogP contribution in [-0.4, -0.2) is 35.6 Å². The molecule has 0 aromatic heterocycles. The summed E-state index contributed by atoms with van der Waals surface area (Å²) in [5.74, 6) is 0.133. The van der Waals surface area contributed by atoms with Gasteiger partial charge in [-0.25, -0.2) is 0 Å². The highest BCUT2D eigenvalue weighted by molar-refractivity contribution is 5.83. The third kappa shape index (κ3) is 5.49. The van der Waals surface area contributed by atoms with Gasteiger partial charge >= 0.3 is 0 Å². The van der Waals surface area contributed by atoms with Gasteiger partial charge in [-0.2, -0.15) is 0 Å². The number of aliphatic hydroxyl groups is 1. The SMILES string of the molecule is CC(=O)NCC(=O)NCC1(O)CCC(C(C)(C)C)CC1. The molecule has 0 radical (unpaired) electrons. The van der Waals surface area contributed by atoms with Crippen LogP contribution in [0.3, 0.4) is 0 Å². The van der Waals surface area contributed by atoms with E-state index in [0.717, 1.165) is 25.7 Å². The molecule has 2 amide bonds. The van der Waals surface area contributed by atoms with Crippen molar-refractivity contribution in [2.75, 3.05) is 13.1 Å². The van der Waals surface area contributed by atoms with E-state index in [1.54, 1.807) is 0 Å². The van der Waals surface area contributed by atoms with Crippen LogP contribution in [-0.2, 0) is 9.59 Å². The van der Waals surface area contributed by atoms with E-state index in [4.69, 9.17) is 0 Å². The van der Waals surface area contributed by atoms with E-state index < -0.39 is 5.60 Å². The minimum Gasteiger partial charge on any atom is -0.388 e. The third-order valence-electron chi connectivity index (χ3n) is 4.25. The summed E-state index contributed by atoms with van der Waals surface area (Å²) < 4.78 is 0. The minimum absolute atomic E-state index is 0.0317. The van der Waals surface area contributed by atoms with Gasteiger partial charge in [0.25, 0.3) is 0 Å². The zero-order valence-electron chi connectivity index (χ0n) is 13.1. The standard InChI is InChI=1S/C15H28N2O3/c1-11(18)16-9-13(19)17-10-15(20)7-5-12(6-8-15)14(2,3)4/h12,20H,5-10H2,1-4H3,(H,16,18)(H,17,19). The highest BCUT2D eigenvalue weighted by atomic mass is 16.3. The molecule has 1 aliphatic rings. The molecule has 1 saturated carbocycles. The van der Waals surface area contributed by atoms with Crippen molar-refractivity contribution in [3.8, 4) is 0 Å². The molecule has 1 rings (SSSR count). The molecule has 0 bridgehead atoms. The van der Waals surface area contributed by atoms with Crippen LogP contribution in [0.2, 0.25) is 0 Å². The molecule has 0 atom stereocenters. The number of nitrogens with one attached hydrogen (secondary N) is 2. The molecule has 1 fully saturated rings. The lowest BCUT2D eigenvalue weighted by Gasteiger charge is -2.41. The predicted octanol–water partition coefficient (Wildman–Crippen LogP) is 1.21. The second kappa shape index (κ2) is 6.57. The summed E-state index contributed by atoms with van der Waals surface area (Å²) in [4.78, 5) is 22.2. The van der Waals surface area contributed by atoms with E-state index in [-0.39, 0.29) is 30.3 Å². The van der Waals surface area contributed by atoms with Gasteiger partial charge in [0.15, 0.2) is 0 Å². The Morgan fingerprint density at radius 3 is 2.20 bits per heavy atom. The molecular formula is C15H28N2O3. The van der Waals surface area contributed by atoms with Crippen molar-refractivity contribution in [2.45, 2.75) is 59.0 Å². The van der Waals surface area contributed by atoms with Crippen LogP contribution < -0.4 is 10.6 Å². The zero-order valence-corrected chi connectivity index (χ0v) is 13.1. The van der Waals surface area contributed by atoms with Crippen molar-refractivity contribution in [3.63, 3.8) is 0 Å². The van der Waals surface area contributed by atoms with Crippen LogP contribution in [0.4, 0.5) is 0 Å². The first-order valence-electron chi connectivity index (χ1n) is 7.36. The Morgan fingerprint density at radius 2 is 1.75 bits per heavy atom. The van der Waals surface area contributed by atoms with Gasteiger partial charge in [0.1, 0.15) is 0 Å². The first-order chi connectivity index (χ1) is 9.12. The molecule has 5 heteroatoms. The normalized spacial score (nSPS) is 26.9. The van der Waals surface area contributed by atoms with Gasteiger partial charge in [0.05, 0.1) is 12.1 Å². The average molecular weight is 284 g/mol. The van der Waals surface area contributed by atoms with Gasteiger partial charge in [-0.15, -0.1) is 0 Å². The van der Waals surface area contributed by atoms with Crippen LogP contribution in [0.25, 0.3) is 0 Å². The summed E-state index contributed by atoms with van der Waals surface area (Å²) in [5, 5.41) is 15.6. The van der Waals surface area contributed by atoms with Crippen LogP contribution in [0, 0.1) is 11.3 Å². The highest BCUT2D eigenvalue weighted by Crippen LogP contribution is 2.41. The summed E-state index contributed by atoms with van der Waals surface area (Å²) in [7, 11) is 0. The Balaban J connectivity index is 2.34. The lowest BCUT2D eigenvalue weighted by molar-refractivity contribution is -0.126. The summed E-state index contributed by atoms with van der Waals surface area (Å²) >= 11 is 0. The summed E-state index contributed by atoms with van der Waals surface area (Å²) in [5.41, 5.74) is -0.524. The molecule has 0 spiro atoms. The summed E-state index contributed by atoms with van der Waals surface area (Å²) in [6.45, 7) is 8.30. The van der Waals surface area contributed by atoms with E-state index in [0.29, 0.717) is 5.92 Å². The molecular weight excluding hydrogens is 256 g/mol. The zero-order chi connectivity index (χ0) is 15.4. The Kier molecular flexibility index (Phi) is 5.57. The molecule has 0 aromatic rings. The van der Waals surface area contributed by atoms with Crippen LogP contribution in [0.1, 0.15) is 53.4 Å². The van der Waals surface area contributed by atoms with E-state index in [9.17, 15) is 14.7 Å². The quantitative estimate of drug-likeness (QED) is 0.726. The maximum absolute atomic E-state index is 11.5. The van der Waals surface area contributed by atoms with Gasteiger partial charge < -0.3 is 15.7 Å². The number of rotatable bonds is 4. The fourth-order valence-corrected chi connectivity index (χ4v) is 2.73. The summed E-state index contributed by atoms with van der Waals surface area (Å²) in [6, 6.07) is 0. The Bertz CT molecular complexity index is 353. The smallest absolute Gasteiger partial charge is 0.239 e. The van der Waals surface area contributed by atoms with Gasteiger partial charge in [0, 0.05) is 13.5 Å². The molecule has 0 unspecified atom stereocenters. The lowest BCUT2D eigenvalue weighted by Crippen LogP contribution is -2.48. The number of carbonyl (C=O) groups is 2. The second-order valence-corrected chi connectivity index (χ2v) is 7.05. The Hall–Kier alpha value is -1.10. The molecule has 0 aliphatic heterocycles. The molecule has 0 aromatic carbocycles. The fourth-order valence-electron chi connectivity index (χ4n) is 2.73. The molecule has 20 heavy (non-hydrogen) atoms. The number of carbonyl (C=O) groups excluding carboxylic acids is 2. The largest absolute Gasteiger partial charge is 0.388 e. The van der Waals surface area contributed by atoms with Crippen molar-refractivity contribution in [2.24, 2.45) is 11.3 Å². The van der Waals surface area contributed by atoms with Gasteiger partial charge in [0.2, 0.25) is 11.8 Å². The van der Waals surface area contributed by atoms with Gasteiger partial charge in [-0.3, -0.25) is 9.59 Å². The predicted molar refractivity (Wildman–Crippen MR) is 78.1 cm³/mol. The summed E-state index contributed by atoms with van der Waals surface area (Å²) in [6.07, 6.45) is 3.41. The Labute approximate surface area is 121 Å². The van der Waals surface area contributed by atoms with Crippen molar-refractivity contribution < 1.29 is 14.7 Å². The first kappa shape index (κ1) is 17.0. The third-order valence-corrected chi connectivity index (χ3v) is 4.25. The maximum atomic E-state index is 11.5. The Morgan fingerprint density at radius 1 is 1.20 bits per heavy atom. The van der Waals surface area contributed by atoms with Crippen molar-refractivity contribution in [3.05, 3.63) is 0 Å². The monoisotopic (exact) mass is 284 g/mol. The van der Waals surface area contributed by atoms with Gasteiger partial charge in [-0.05, 0) is 37.0 Å². The number of hydrogen-bond acceptors (Lipinski definition) is 3. The van der Waals surface area contributed by atoms with Gasteiger partial charge in [-0.1, -0.05) is 20.8 Å². The first-order valence-corrected chi connectivity index (χ1v) is 7.36. The van der Waals surface area contributed by atoms with E-state index in [2.05, 4.69) is 31.4 Å². The minimum atomic E-state index is -0.798. The van der Waals surface area contributed by atoms with Crippen LogP contribution >= 0.6 is 0 Å². The van der Waals surface area contributed by atoms with Crippen molar-refractivity contribution in [1.29, 1.82) is 0 Å². The topological polar surface area (TPSA) is 78.4 Å². The van der Waals surface area contributed by atoms with Crippen LogP contribution in [0.15, 0.2) is 0 Å². The van der Waals surface area contributed by atoms with Crippen molar-refractivity contribution in [1.82, 2.24) is 10.6 Å². The number of hydrogen-bond donors (Lipinski definition) is 3. The molecule has 1 aliphatic carbocycles. The molecule has 0 saturated heterocycles. The molecule has 116 valence electrons. The van der Waals surface area contributed by atoms with E-state index in [1.807, 2.05) is 0 Å².